The Bertz CT molecular complexity index is 535. The van der Waals surface area contributed by atoms with Crippen LogP contribution in [0.25, 0.3) is 10.9 Å². The predicted octanol–water partition coefficient (Wildman–Crippen LogP) is 0.225. The second kappa shape index (κ2) is 4.60. The van der Waals surface area contributed by atoms with Crippen molar-refractivity contribution < 1.29 is 4.79 Å². The number of nitrogens with zero attached hydrogens (tertiary/aromatic N) is 1. The van der Waals surface area contributed by atoms with Crippen molar-refractivity contribution >= 4 is 28.3 Å². The zero-order chi connectivity index (χ0) is 12.3. The van der Waals surface area contributed by atoms with Crippen LogP contribution in [0.3, 0.4) is 0 Å². The van der Waals surface area contributed by atoms with Gasteiger partial charge in [-0.2, -0.15) is 5.10 Å². The van der Waals surface area contributed by atoms with Gasteiger partial charge in [-0.15, -0.1) is 0 Å². The van der Waals surface area contributed by atoms with Crippen molar-refractivity contribution in [3.05, 3.63) is 18.3 Å². The zero-order valence-corrected chi connectivity index (χ0v) is 9.16. The molecule has 0 bridgehead atoms. The van der Waals surface area contributed by atoms with Gasteiger partial charge in [0.1, 0.15) is 0 Å². The highest BCUT2D eigenvalue weighted by molar-refractivity contribution is 5.88. The number of rotatable bonds is 4. The van der Waals surface area contributed by atoms with E-state index < -0.39 is 6.03 Å². The minimum absolute atomic E-state index is 0.440. The van der Waals surface area contributed by atoms with Gasteiger partial charge in [0.2, 0.25) is 0 Å². The lowest BCUT2D eigenvalue weighted by molar-refractivity contribution is 0.249. The molecule has 7 heteroatoms. The van der Waals surface area contributed by atoms with Crippen LogP contribution < -0.4 is 22.1 Å². The van der Waals surface area contributed by atoms with E-state index in [1.165, 1.54) is 0 Å². The fraction of sp³-hybridized carbons (Fsp3) is 0.200. The van der Waals surface area contributed by atoms with E-state index in [0.717, 1.165) is 16.6 Å². The Morgan fingerprint density at radius 2 is 2.24 bits per heavy atom. The summed E-state index contributed by atoms with van der Waals surface area (Å²) in [7, 11) is 0. The summed E-state index contributed by atoms with van der Waals surface area (Å²) in [5, 5.41) is 13.3. The summed E-state index contributed by atoms with van der Waals surface area (Å²) < 4.78 is 0. The average Bonchev–Trinajstić information content (AvgIpc) is 2.71. The number of carbonyl (C=O) groups excluding carboxylic acids is 1. The Morgan fingerprint density at radius 1 is 1.41 bits per heavy atom. The number of aromatic nitrogens is 2. The first-order valence-corrected chi connectivity index (χ1v) is 5.16. The quantitative estimate of drug-likeness (QED) is 0.384. The van der Waals surface area contributed by atoms with Crippen LogP contribution in [-0.4, -0.2) is 29.3 Å². The fourth-order valence-electron chi connectivity index (χ4n) is 1.54. The molecule has 0 fully saturated rings. The number of fused-ring (bicyclic) bond motifs is 1. The zero-order valence-electron chi connectivity index (χ0n) is 9.16. The molecule has 0 aliphatic rings. The maximum Gasteiger partial charge on any atom is 0.312 e. The van der Waals surface area contributed by atoms with Gasteiger partial charge in [0, 0.05) is 18.5 Å². The standard InChI is InChI=1S/C10H14N6O/c11-7-3-6-5-15-16-8(6)4-9(7)13-1-2-14-10(12)17/h3-5,13H,1-2,11H2,(H,15,16)(H3,12,14,17). The fourth-order valence-corrected chi connectivity index (χ4v) is 1.54. The topological polar surface area (TPSA) is 122 Å². The Labute approximate surface area is 97.5 Å². The first-order valence-electron chi connectivity index (χ1n) is 5.16. The first kappa shape index (κ1) is 11.1. The number of carbonyl (C=O) groups is 1. The molecule has 0 atom stereocenters. The molecule has 0 aliphatic heterocycles. The number of nitrogens with two attached hydrogens (primary N) is 2. The van der Waals surface area contributed by atoms with Crippen LogP contribution in [0.15, 0.2) is 18.3 Å². The summed E-state index contributed by atoms with van der Waals surface area (Å²) in [6.45, 7) is 0.989. The molecule has 1 aromatic carbocycles. The van der Waals surface area contributed by atoms with Gasteiger partial charge >= 0.3 is 6.03 Å². The number of hydrogen-bond acceptors (Lipinski definition) is 4. The normalized spacial score (nSPS) is 10.4. The Hall–Kier alpha value is -2.44. The van der Waals surface area contributed by atoms with E-state index in [2.05, 4.69) is 20.8 Å². The van der Waals surface area contributed by atoms with Crippen molar-refractivity contribution in [1.29, 1.82) is 0 Å². The maximum absolute atomic E-state index is 10.5. The van der Waals surface area contributed by atoms with Crippen molar-refractivity contribution in [2.75, 3.05) is 24.1 Å². The smallest absolute Gasteiger partial charge is 0.312 e. The second-order valence-corrected chi connectivity index (χ2v) is 3.61. The van der Waals surface area contributed by atoms with Crippen molar-refractivity contribution in [2.45, 2.75) is 0 Å². The summed E-state index contributed by atoms with van der Waals surface area (Å²) in [5.41, 5.74) is 13.2. The number of anilines is 2. The lowest BCUT2D eigenvalue weighted by Crippen LogP contribution is -2.33. The molecular formula is C10H14N6O. The molecular weight excluding hydrogens is 220 g/mol. The lowest BCUT2D eigenvalue weighted by Gasteiger charge is -2.09. The summed E-state index contributed by atoms with van der Waals surface area (Å²) >= 11 is 0. The lowest BCUT2D eigenvalue weighted by atomic mass is 10.2. The van der Waals surface area contributed by atoms with Gasteiger partial charge < -0.3 is 22.1 Å². The number of amides is 2. The van der Waals surface area contributed by atoms with Gasteiger partial charge in [-0.05, 0) is 12.1 Å². The molecule has 7 nitrogen and oxygen atoms in total. The second-order valence-electron chi connectivity index (χ2n) is 3.61. The molecule has 2 rings (SSSR count). The van der Waals surface area contributed by atoms with E-state index in [0.29, 0.717) is 18.8 Å². The highest BCUT2D eigenvalue weighted by atomic mass is 16.2. The minimum Gasteiger partial charge on any atom is -0.397 e. The van der Waals surface area contributed by atoms with Crippen molar-refractivity contribution in [3.8, 4) is 0 Å². The van der Waals surface area contributed by atoms with Gasteiger partial charge in [0.15, 0.2) is 0 Å². The number of nitrogens with one attached hydrogen (secondary N) is 3. The molecule has 0 spiro atoms. The number of urea groups is 1. The molecule has 0 radical (unpaired) electrons. The number of aromatic amines is 1. The van der Waals surface area contributed by atoms with Gasteiger partial charge in [-0.25, -0.2) is 4.79 Å². The van der Waals surface area contributed by atoms with E-state index in [4.69, 9.17) is 11.5 Å². The van der Waals surface area contributed by atoms with Gasteiger partial charge in [-0.3, -0.25) is 5.10 Å². The van der Waals surface area contributed by atoms with E-state index in [1.807, 2.05) is 12.1 Å². The van der Waals surface area contributed by atoms with Crippen LogP contribution in [-0.2, 0) is 0 Å². The number of primary amides is 1. The van der Waals surface area contributed by atoms with Crippen LogP contribution in [0, 0.1) is 0 Å². The Balaban J connectivity index is 2.02. The van der Waals surface area contributed by atoms with Gasteiger partial charge in [-0.1, -0.05) is 0 Å². The molecule has 17 heavy (non-hydrogen) atoms. The average molecular weight is 234 g/mol. The Morgan fingerprint density at radius 3 is 3.00 bits per heavy atom. The van der Waals surface area contributed by atoms with Crippen LogP contribution >= 0.6 is 0 Å². The SMILES string of the molecule is NC(=O)NCCNc1cc2[nH]ncc2cc1N. The van der Waals surface area contributed by atoms with Crippen LogP contribution in [0.2, 0.25) is 0 Å². The molecule has 90 valence electrons. The molecule has 0 saturated carbocycles. The molecule has 0 aliphatic carbocycles. The highest BCUT2D eigenvalue weighted by Crippen LogP contribution is 2.24. The first-order chi connectivity index (χ1) is 8.16. The molecule has 1 aromatic heterocycles. The Kier molecular flexibility index (Phi) is 2.99. The number of benzene rings is 1. The third-order valence-corrected chi connectivity index (χ3v) is 2.35. The largest absolute Gasteiger partial charge is 0.397 e. The van der Waals surface area contributed by atoms with Gasteiger partial charge in [0.05, 0.1) is 23.1 Å². The van der Waals surface area contributed by atoms with Crippen molar-refractivity contribution in [3.63, 3.8) is 0 Å². The number of hydrogen-bond donors (Lipinski definition) is 5. The maximum atomic E-state index is 10.5. The van der Waals surface area contributed by atoms with E-state index >= 15 is 0 Å². The third-order valence-electron chi connectivity index (χ3n) is 2.35. The third kappa shape index (κ3) is 2.57. The van der Waals surface area contributed by atoms with Crippen LogP contribution in [0.4, 0.5) is 16.2 Å². The predicted molar refractivity (Wildman–Crippen MR) is 66.6 cm³/mol. The van der Waals surface area contributed by atoms with Gasteiger partial charge in [0.25, 0.3) is 0 Å². The monoisotopic (exact) mass is 234 g/mol. The summed E-state index contributed by atoms with van der Waals surface area (Å²) in [6.07, 6.45) is 1.71. The van der Waals surface area contributed by atoms with Crippen molar-refractivity contribution in [2.24, 2.45) is 5.73 Å². The molecule has 2 amide bonds. The minimum atomic E-state index is -0.538. The summed E-state index contributed by atoms with van der Waals surface area (Å²) in [6, 6.07) is 3.17. The molecule has 7 N–H and O–H groups in total. The van der Waals surface area contributed by atoms with E-state index in [1.54, 1.807) is 6.20 Å². The summed E-state index contributed by atoms with van der Waals surface area (Å²) in [4.78, 5) is 10.5. The van der Waals surface area contributed by atoms with Crippen LogP contribution in [0.5, 0.6) is 0 Å². The van der Waals surface area contributed by atoms with Crippen LogP contribution in [0.1, 0.15) is 0 Å². The number of H-pyrrole nitrogens is 1. The van der Waals surface area contributed by atoms with E-state index in [-0.39, 0.29) is 0 Å². The molecule has 1 heterocycles. The highest BCUT2D eigenvalue weighted by Gasteiger charge is 2.03. The number of nitrogen functional groups attached to an aromatic ring is 1. The molecule has 0 unspecified atom stereocenters. The molecule has 0 saturated heterocycles. The van der Waals surface area contributed by atoms with Crippen molar-refractivity contribution in [1.82, 2.24) is 15.5 Å². The molecule has 2 aromatic rings. The van der Waals surface area contributed by atoms with E-state index in [9.17, 15) is 4.79 Å². The summed E-state index contributed by atoms with van der Waals surface area (Å²) in [5.74, 6) is 0.